The summed E-state index contributed by atoms with van der Waals surface area (Å²) in [5.41, 5.74) is 6.32. The molecular weight excluding hydrogens is 256 g/mol. The summed E-state index contributed by atoms with van der Waals surface area (Å²) in [6, 6.07) is 3.56. The second-order valence-electron chi connectivity index (χ2n) is 4.54. The number of nitrogens with zero attached hydrogens (tertiary/aromatic N) is 1. The summed E-state index contributed by atoms with van der Waals surface area (Å²) in [6.45, 7) is 3.45. The van der Waals surface area contributed by atoms with Crippen LogP contribution in [0.25, 0.3) is 0 Å². The van der Waals surface area contributed by atoms with Gasteiger partial charge in [-0.3, -0.25) is 14.6 Å². The smallest absolute Gasteiger partial charge is 0.269 e. The Morgan fingerprint density at radius 2 is 2.10 bits per heavy atom. The second kappa shape index (κ2) is 8.90. The molecule has 0 radical (unpaired) electrons. The Bertz CT molecular complexity index is 449. The van der Waals surface area contributed by atoms with Crippen LogP contribution in [0.5, 0.6) is 0 Å². The van der Waals surface area contributed by atoms with Crippen LogP contribution >= 0.6 is 0 Å². The zero-order valence-electron chi connectivity index (χ0n) is 11.8. The second-order valence-corrected chi connectivity index (χ2v) is 4.54. The first kappa shape index (κ1) is 15.9. The van der Waals surface area contributed by atoms with E-state index in [2.05, 4.69) is 22.5 Å². The molecule has 0 aliphatic rings. The minimum Gasteiger partial charge on any atom is -0.385 e. The van der Waals surface area contributed by atoms with Gasteiger partial charge >= 0.3 is 0 Å². The molecule has 4 N–H and O–H groups in total. The van der Waals surface area contributed by atoms with Crippen LogP contribution in [0.1, 0.15) is 43.1 Å². The molecule has 0 bridgehead atoms. The number of carbonyl (C=O) groups excluding carboxylic acids is 2. The minimum atomic E-state index is -0.312. The molecule has 6 heteroatoms. The third-order valence-electron chi connectivity index (χ3n) is 2.71. The number of anilines is 1. The van der Waals surface area contributed by atoms with E-state index in [1.54, 1.807) is 12.3 Å². The molecule has 6 nitrogen and oxygen atoms in total. The Balaban J connectivity index is 2.37. The van der Waals surface area contributed by atoms with Gasteiger partial charge in [-0.05, 0) is 31.4 Å². The maximum absolute atomic E-state index is 11.9. The van der Waals surface area contributed by atoms with Crippen molar-refractivity contribution in [2.75, 3.05) is 18.4 Å². The highest BCUT2D eigenvalue weighted by Gasteiger charge is 2.07. The number of rotatable bonds is 9. The number of pyridine rings is 1. The predicted octanol–water partition coefficient (Wildman–Crippen LogP) is 1.29. The Kier molecular flexibility index (Phi) is 7.10. The highest BCUT2D eigenvalue weighted by molar-refractivity contribution is 5.93. The first-order valence-electron chi connectivity index (χ1n) is 6.90. The highest BCUT2D eigenvalue weighted by Crippen LogP contribution is 2.08. The average Bonchev–Trinajstić information content (AvgIpc) is 2.44. The molecule has 1 heterocycles. The van der Waals surface area contributed by atoms with Crippen LogP contribution in [-0.2, 0) is 4.79 Å². The van der Waals surface area contributed by atoms with E-state index in [0.717, 1.165) is 25.1 Å². The van der Waals surface area contributed by atoms with Gasteiger partial charge in [-0.25, -0.2) is 0 Å². The van der Waals surface area contributed by atoms with Gasteiger partial charge in [-0.1, -0.05) is 6.92 Å². The number of hydrogen-bond acceptors (Lipinski definition) is 4. The average molecular weight is 278 g/mol. The molecule has 0 aromatic carbocycles. The van der Waals surface area contributed by atoms with Gasteiger partial charge in [0, 0.05) is 31.4 Å². The maximum Gasteiger partial charge on any atom is 0.269 e. The van der Waals surface area contributed by atoms with E-state index in [4.69, 9.17) is 5.73 Å². The van der Waals surface area contributed by atoms with Crippen molar-refractivity contribution in [3.63, 3.8) is 0 Å². The molecular formula is C14H22N4O2. The number of hydrogen-bond donors (Lipinski definition) is 3. The first-order chi connectivity index (χ1) is 9.63. The number of carbonyl (C=O) groups is 2. The summed E-state index contributed by atoms with van der Waals surface area (Å²) < 4.78 is 0. The van der Waals surface area contributed by atoms with E-state index in [-0.39, 0.29) is 11.8 Å². The van der Waals surface area contributed by atoms with Gasteiger partial charge in [0.25, 0.3) is 5.91 Å². The topological polar surface area (TPSA) is 97.1 Å². The monoisotopic (exact) mass is 278 g/mol. The summed E-state index contributed by atoms with van der Waals surface area (Å²) >= 11 is 0. The Morgan fingerprint density at radius 3 is 2.80 bits per heavy atom. The molecule has 20 heavy (non-hydrogen) atoms. The molecule has 2 amide bonds. The van der Waals surface area contributed by atoms with E-state index in [1.165, 1.54) is 0 Å². The van der Waals surface area contributed by atoms with Crippen LogP contribution < -0.4 is 16.4 Å². The van der Waals surface area contributed by atoms with Crippen LogP contribution in [0.15, 0.2) is 18.3 Å². The summed E-state index contributed by atoms with van der Waals surface area (Å²) in [6.07, 6.45) is 4.39. The van der Waals surface area contributed by atoms with Crippen molar-refractivity contribution >= 4 is 17.5 Å². The van der Waals surface area contributed by atoms with E-state index in [9.17, 15) is 9.59 Å². The molecule has 0 aliphatic heterocycles. The van der Waals surface area contributed by atoms with E-state index in [1.807, 2.05) is 6.07 Å². The SMILES string of the molecule is CCCNc1ccnc(C(=O)NCCCCC(N)=O)c1. The number of nitrogens with two attached hydrogens (primary N) is 1. The molecule has 110 valence electrons. The number of nitrogens with one attached hydrogen (secondary N) is 2. The van der Waals surface area contributed by atoms with Crippen molar-refractivity contribution in [2.24, 2.45) is 5.73 Å². The summed E-state index contributed by atoms with van der Waals surface area (Å²) in [5, 5.41) is 5.98. The third-order valence-corrected chi connectivity index (χ3v) is 2.71. The summed E-state index contributed by atoms with van der Waals surface area (Å²) in [4.78, 5) is 26.5. The lowest BCUT2D eigenvalue weighted by molar-refractivity contribution is -0.118. The molecule has 0 atom stereocenters. The van der Waals surface area contributed by atoms with Gasteiger partial charge < -0.3 is 16.4 Å². The molecule has 1 aromatic heterocycles. The van der Waals surface area contributed by atoms with Gasteiger partial charge in [0.2, 0.25) is 5.91 Å². The van der Waals surface area contributed by atoms with Crippen molar-refractivity contribution in [3.8, 4) is 0 Å². The maximum atomic E-state index is 11.9. The predicted molar refractivity (Wildman–Crippen MR) is 78.4 cm³/mol. The van der Waals surface area contributed by atoms with Crippen molar-refractivity contribution in [1.29, 1.82) is 0 Å². The molecule has 0 unspecified atom stereocenters. The highest BCUT2D eigenvalue weighted by atomic mass is 16.2. The van der Waals surface area contributed by atoms with Gasteiger partial charge in [0.1, 0.15) is 5.69 Å². The van der Waals surface area contributed by atoms with E-state index < -0.39 is 0 Å². The lowest BCUT2D eigenvalue weighted by Crippen LogP contribution is -2.25. The van der Waals surface area contributed by atoms with Crippen LogP contribution in [0.4, 0.5) is 5.69 Å². The van der Waals surface area contributed by atoms with Crippen molar-refractivity contribution in [3.05, 3.63) is 24.0 Å². The number of primary amides is 1. The van der Waals surface area contributed by atoms with Crippen LogP contribution in [0.3, 0.4) is 0 Å². The number of unbranched alkanes of at least 4 members (excludes halogenated alkanes) is 1. The van der Waals surface area contributed by atoms with Crippen LogP contribution in [-0.4, -0.2) is 29.9 Å². The first-order valence-corrected chi connectivity index (χ1v) is 6.90. The van der Waals surface area contributed by atoms with E-state index >= 15 is 0 Å². The Morgan fingerprint density at radius 1 is 1.30 bits per heavy atom. The third kappa shape index (κ3) is 6.17. The fourth-order valence-electron chi connectivity index (χ4n) is 1.65. The normalized spacial score (nSPS) is 10.1. The van der Waals surface area contributed by atoms with Crippen molar-refractivity contribution in [1.82, 2.24) is 10.3 Å². The molecule has 0 spiro atoms. The summed E-state index contributed by atoms with van der Waals surface area (Å²) in [5.74, 6) is -0.517. The molecule has 0 fully saturated rings. The Hall–Kier alpha value is -2.11. The fourth-order valence-corrected chi connectivity index (χ4v) is 1.65. The Labute approximate surface area is 119 Å². The quantitative estimate of drug-likeness (QED) is 0.593. The zero-order chi connectivity index (χ0) is 14.8. The molecule has 1 aromatic rings. The van der Waals surface area contributed by atoms with Crippen LogP contribution in [0.2, 0.25) is 0 Å². The number of aromatic nitrogens is 1. The standard InChI is InChI=1S/C14H22N4O2/c1-2-7-16-11-6-9-17-12(10-11)14(20)18-8-4-3-5-13(15)19/h6,9-10H,2-5,7-8H2,1H3,(H2,15,19)(H,16,17)(H,18,20). The van der Waals surface area contributed by atoms with Crippen molar-refractivity contribution in [2.45, 2.75) is 32.6 Å². The molecule has 0 saturated carbocycles. The molecule has 0 saturated heterocycles. The fraction of sp³-hybridized carbons (Fsp3) is 0.500. The van der Waals surface area contributed by atoms with Gasteiger partial charge in [0.05, 0.1) is 0 Å². The van der Waals surface area contributed by atoms with Gasteiger partial charge in [0.15, 0.2) is 0 Å². The summed E-state index contributed by atoms with van der Waals surface area (Å²) in [7, 11) is 0. The van der Waals surface area contributed by atoms with Gasteiger partial charge in [-0.15, -0.1) is 0 Å². The minimum absolute atomic E-state index is 0.204. The van der Waals surface area contributed by atoms with Gasteiger partial charge in [-0.2, -0.15) is 0 Å². The van der Waals surface area contributed by atoms with Crippen molar-refractivity contribution < 1.29 is 9.59 Å². The lowest BCUT2D eigenvalue weighted by Gasteiger charge is -2.07. The van der Waals surface area contributed by atoms with Crippen LogP contribution in [0, 0.1) is 0 Å². The molecule has 1 rings (SSSR count). The molecule has 0 aliphatic carbocycles. The zero-order valence-corrected chi connectivity index (χ0v) is 11.8. The lowest BCUT2D eigenvalue weighted by atomic mass is 10.2. The number of amides is 2. The largest absolute Gasteiger partial charge is 0.385 e. The van der Waals surface area contributed by atoms with E-state index in [0.29, 0.717) is 25.1 Å².